The van der Waals surface area contributed by atoms with Crippen molar-refractivity contribution in [2.45, 2.75) is 38.3 Å². The third-order valence-corrected chi connectivity index (χ3v) is 4.51. The zero-order valence-corrected chi connectivity index (χ0v) is 12.7. The van der Waals surface area contributed by atoms with Crippen molar-refractivity contribution >= 4 is 17.4 Å². The Morgan fingerprint density at radius 1 is 1.38 bits per heavy atom. The van der Waals surface area contributed by atoms with Gasteiger partial charge in [0.25, 0.3) is 0 Å². The Hall–Kier alpha value is -1.30. The van der Waals surface area contributed by atoms with Crippen LogP contribution in [0.3, 0.4) is 0 Å². The van der Waals surface area contributed by atoms with Crippen molar-refractivity contribution in [1.29, 1.82) is 0 Å². The number of hydrogen-bond acceptors (Lipinski definition) is 4. The van der Waals surface area contributed by atoms with E-state index in [9.17, 15) is 5.11 Å². The molecule has 0 heterocycles. The lowest BCUT2D eigenvalue weighted by atomic mass is 9.85. The highest BCUT2D eigenvalue weighted by molar-refractivity contribution is 6.31. The maximum Gasteiger partial charge on any atom is 0.170 e. The molecule has 0 saturated heterocycles. The van der Waals surface area contributed by atoms with Crippen molar-refractivity contribution < 1.29 is 10.3 Å². The van der Waals surface area contributed by atoms with Crippen molar-refractivity contribution in [3.05, 3.63) is 34.3 Å². The number of hydrogen-bond donors (Lipinski definition) is 4. The maximum absolute atomic E-state index is 9.42. The summed E-state index contributed by atoms with van der Waals surface area (Å²) in [5.74, 6) is 0.373. The summed E-state index contributed by atoms with van der Waals surface area (Å²) in [4.78, 5) is 0. The second-order valence-corrected chi connectivity index (χ2v) is 5.91. The van der Waals surface area contributed by atoms with E-state index in [2.05, 4.69) is 10.5 Å². The first kappa shape index (κ1) is 16.1. The van der Waals surface area contributed by atoms with Gasteiger partial charge in [-0.2, -0.15) is 0 Å². The van der Waals surface area contributed by atoms with Gasteiger partial charge in [-0.15, -0.1) is 0 Å². The van der Waals surface area contributed by atoms with E-state index >= 15 is 0 Å². The molecule has 5 N–H and O–H groups in total. The van der Waals surface area contributed by atoms with Crippen LogP contribution in [0.1, 0.15) is 36.8 Å². The van der Waals surface area contributed by atoms with E-state index in [4.69, 9.17) is 22.5 Å². The summed E-state index contributed by atoms with van der Waals surface area (Å²) in [6, 6.07) is 5.68. The van der Waals surface area contributed by atoms with E-state index in [1.54, 1.807) is 12.1 Å². The Morgan fingerprint density at radius 2 is 2.14 bits per heavy atom. The number of halogens is 1. The smallest absolute Gasteiger partial charge is 0.170 e. The van der Waals surface area contributed by atoms with E-state index in [1.807, 2.05) is 6.07 Å². The van der Waals surface area contributed by atoms with Crippen molar-refractivity contribution in [2.75, 3.05) is 6.61 Å². The highest BCUT2D eigenvalue weighted by Gasteiger charge is 2.23. The molecule has 0 radical (unpaired) electrons. The Labute approximate surface area is 129 Å². The maximum atomic E-state index is 9.42. The van der Waals surface area contributed by atoms with Gasteiger partial charge < -0.3 is 21.4 Å². The summed E-state index contributed by atoms with van der Waals surface area (Å²) in [5.41, 5.74) is 7.10. The number of rotatable bonds is 5. The minimum Gasteiger partial charge on any atom is -0.409 e. The van der Waals surface area contributed by atoms with E-state index in [1.165, 1.54) is 12.8 Å². The molecule has 2 atom stereocenters. The molecular formula is C15H22ClN3O2. The van der Waals surface area contributed by atoms with Crippen LogP contribution in [0.2, 0.25) is 5.02 Å². The van der Waals surface area contributed by atoms with Gasteiger partial charge in [-0.05, 0) is 30.4 Å². The zero-order valence-electron chi connectivity index (χ0n) is 11.9. The fourth-order valence-electron chi connectivity index (χ4n) is 2.84. The quantitative estimate of drug-likeness (QED) is 0.290. The van der Waals surface area contributed by atoms with Crippen LogP contribution in [-0.2, 0) is 6.54 Å². The molecule has 1 aromatic carbocycles. The van der Waals surface area contributed by atoms with Crippen LogP contribution in [0.5, 0.6) is 0 Å². The molecule has 0 spiro atoms. The van der Waals surface area contributed by atoms with Crippen LogP contribution < -0.4 is 11.1 Å². The largest absolute Gasteiger partial charge is 0.409 e. The third-order valence-electron chi connectivity index (χ3n) is 4.15. The van der Waals surface area contributed by atoms with Gasteiger partial charge in [0.15, 0.2) is 5.84 Å². The van der Waals surface area contributed by atoms with Crippen LogP contribution >= 0.6 is 11.6 Å². The second-order valence-electron chi connectivity index (χ2n) is 5.51. The molecule has 5 nitrogen and oxygen atoms in total. The molecule has 6 heteroatoms. The molecule has 1 fully saturated rings. The van der Waals surface area contributed by atoms with Gasteiger partial charge in [0, 0.05) is 29.8 Å². The first-order chi connectivity index (χ1) is 10.2. The molecule has 1 aliphatic carbocycles. The Bertz CT molecular complexity index is 508. The number of amidine groups is 1. The van der Waals surface area contributed by atoms with Gasteiger partial charge in [-0.25, -0.2) is 0 Å². The average Bonchev–Trinajstić information content (AvgIpc) is 2.53. The monoisotopic (exact) mass is 311 g/mol. The predicted molar refractivity (Wildman–Crippen MR) is 83.6 cm³/mol. The average molecular weight is 312 g/mol. The first-order valence-corrected chi connectivity index (χ1v) is 7.64. The predicted octanol–water partition coefficient (Wildman–Crippen LogP) is 2.08. The molecule has 0 amide bonds. The van der Waals surface area contributed by atoms with Crippen LogP contribution in [0.4, 0.5) is 0 Å². The van der Waals surface area contributed by atoms with Gasteiger partial charge >= 0.3 is 0 Å². The first-order valence-electron chi connectivity index (χ1n) is 7.26. The summed E-state index contributed by atoms with van der Waals surface area (Å²) >= 11 is 6.24. The number of aliphatic hydroxyl groups excluding tert-OH is 1. The van der Waals surface area contributed by atoms with Crippen LogP contribution in [-0.4, -0.2) is 28.8 Å². The molecule has 1 saturated carbocycles. The molecule has 2 rings (SSSR count). The van der Waals surface area contributed by atoms with Crippen LogP contribution in [0.25, 0.3) is 0 Å². The highest BCUT2D eigenvalue weighted by atomic mass is 35.5. The summed E-state index contributed by atoms with van der Waals surface area (Å²) in [5, 5.41) is 25.1. The van der Waals surface area contributed by atoms with Crippen molar-refractivity contribution in [3.63, 3.8) is 0 Å². The van der Waals surface area contributed by atoms with Crippen molar-refractivity contribution in [3.8, 4) is 0 Å². The summed E-state index contributed by atoms with van der Waals surface area (Å²) in [6.45, 7) is 0.879. The summed E-state index contributed by atoms with van der Waals surface area (Å²) < 4.78 is 0. The van der Waals surface area contributed by atoms with Gasteiger partial charge in [0.05, 0.1) is 0 Å². The second kappa shape index (κ2) is 7.64. The number of nitrogens with one attached hydrogen (secondary N) is 1. The van der Waals surface area contributed by atoms with Gasteiger partial charge in [0.2, 0.25) is 0 Å². The van der Waals surface area contributed by atoms with Crippen LogP contribution in [0.15, 0.2) is 23.4 Å². The molecular weight excluding hydrogens is 290 g/mol. The van der Waals surface area contributed by atoms with E-state index in [-0.39, 0.29) is 12.4 Å². The molecule has 0 aromatic heterocycles. The summed E-state index contributed by atoms with van der Waals surface area (Å²) in [7, 11) is 0. The number of benzene rings is 1. The lowest BCUT2D eigenvalue weighted by Crippen LogP contribution is -2.39. The number of oxime groups is 1. The Balaban J connectivity index is 2.00. The zero-order chi connectivity index (χ0) is 15.2. The lowest BCUT2D eigenvalue weighted by Gasteiger charge is -2.31. The van der Waals surface area contributed by atoms with E-state index in [0.29, 0.717) is 29.1 Å². The van der Waals surface area contributed by atoms with E-state index < -0.39 is 0 Å². The van der Waals surface area contributed by atoms with Crippen molar-refractivity contribution in [1.82, 2.24) is 5.32 Å². The molecule has 1 aliphatic rings. The molecule has 0 bridgehead atoms. The van der Waals surface area contributed by atoms with Gasteiger partial charge in [-0.3, -0.25) is 0 Å². The van der Waals surface area contributed by atoms with Crippen molar-refractivity contribution in [2.24, 2.45) is 16.8 Å². The number of nitrogens with zero attached hydrogens (tertiary/aromatic N) is 1. The number of nitrogens with two attached hydrogens (primary N) is 1. The molecule has 2 unspecified atom stereocenters. The minimum absolute atomic E-state index is 0.0454. The summed E-state index contributed by atoms with van der Waals surface area (Å²) in [6.07, 6.45) is 4.55. The lowest BCUT2D eigenvalue weighted by molar-refractivity contribution is 0.152. The highest BCUT2D eigenvalue weighted by Crippen LogP contribution is 2.25. The molecule has 21 heavy (non-hydrogen) atoms. The Morgan fingerprint density at radius 3 is 2.81 bits per heavy atom. The van der Waals surface area contributed by atoms with Crippen LogP contribution in [0, 0.1) is 5.92 Å². The van der Waals surface area contributed by atoms with Gasteiger partial charge in [0.1, 0.15) is 0 Å². The topological polar surface area (TPSA) is 90.9 Å². The molecule has 1 aromatic rings. The molecule has 116 valence electrons. The normalized spacial score (nSPS) is 23.2. The fourth-order valence-corrected chi connectivity index (χ4v) is 3.09. The minimum atomic E-state index is 0.0454. The third kappa shape index (κ3) is 4.09. The van der Waals surface area contributed by atoms with Gasteiger partial charge in [-0.1, -0.05) is 41.7 Å². The SMILES string of the molecule is N/C(=N/O)c1ccc(CNC2CCCCC2CO)c(Cl)c1. The standard InChI is InChI=1S/C15H22ClN3O2/c16-13-7-10(15(17)19-21)5-6-11(13)8-18-14-4-2-1-3-12(14)9-20/h5-7,12,14,18,20-21H,1-4,8-9H2,(H2,17,19). The van der Waals surface area contributed by atoms with E-state index in [0.717, 1.165) is 18.4 Å². The molecule has 0 aliphatic heterocycles. The Kier molecular flexibility index (Phi) is 5.85. The fraction of sp³-hybridized carbons (Fsp3) is 0.533. The number of aliphatic hydroxyl groups is 1.